The number of nitrogens with zero attached hydrogens (tertiary/aromatic N) is 1. The molecule has 1 aromatic rings. The van der Waals surface area contributed by atoms with Crippen molar-refractivity contribution < 1.29 is 18.3 Å². The summed E-state index contributed by atoms with van der Waals surface area (Å²) >= 11 is 0. The fourth-order valence-corrected chi connectivity index (χ4v) is 0.904. The molecule has 0 spiro atoms. The fraction of sp³-hybridized carbons (Fsp3) is 0.250. The van der Waals surface area contributed by atoms with E-state index in [9.17, 15) is 13.6 Å². The third kappa shape index (κ3) is 1.95. The number of esters is 1. The summed E-state index contributed by atoms with van der Waals surface area (Å²) in [6.45, 7) is 0. The maximum absolute atomic E-state index is 12.2. The molecular formula is C8H8F2N2O2. The molecule has 1 heterocycles. The molecule has 2 N–H and O–H groups in total. The number of carbonyl (C=O) groups is 1. The van der Waals surface area contributed by atoms with E-state index in [1.54, 1.807) is 0 Å². The third-order valence-corrected chi connectivity index (χ3v) is 1.58. The van der Waals surface area contributed by atoms with Crippen LogP contribution in [0.2, 0.25) is 0 Å². The average molecular weight is 202 g/mol. The van der Waals surface area contributed by atoms with Crippen LogP contribution in [0.15, 0.2) is 12.3 Å². The number of pyridine rings is 1. The zero-order chi connectivity index (χ0) is 10.7. The van der Waals surface area contributed by atoms with Crippen LogP contribution in [0.25, 0.3) is 0 Å². The summed E-state index contributed by atoms with van der Waals surface area (Å²) in [6, 6.07) is 1.11. The lowest BCUT2D eigenvalue weighted by atomic mass is 10.2. The zero-order valence-corrected chi connectivity index (χ0v) is 7.33. The fourth-order valence-electron chi connectivity index (χ4n) is 0.904. The number of rotatable bonds is 2. The topological polar surface area (TPSA) is 65.2 Å². The van der Waals surface area contributed by atoms with Gasteiger partial charge in [-0.2, -0.15) is 0 Å². The normalized spacial score (nSPS) is 10.3. The predicted octanol–water partition coefficient (Wildman–Crippen LogP) is 1.39. The molecule has 0 bridgehead atoms. The second kappa shape index (κ2) is 3.99. The van der Waals surface area contributed by atoms with E-state index in [1.165, 1.54) is 7.11 Å². The second-order valence-corrected chi connectivity index (χ2v) is 2.49. The number of nitrogens with two attached hydrogens (primary N) is 1. The van der Waals surface area contributed by atoms with Crippen molar-refractivity contribution in [2.24, 2.45) is 0 Å². The van der Waals surface area contributed by atoms with Gasteiger partial charge in [-0.05, 0) is 6.07 Å². The van der Waals surface area contributed by atoms with E-state index >= 15 is 0 Å². The Labute approximate surface area is 78.7 Å². The van der Waals surface area contributed by atoms with Gasteiger partial charge in [-0.15, -0.1) is 0 Å². The van der Waals surface area contributed by atoms with Crippen molar-refractivity contribution >= 4 is 11.7 Å². The summed E-state index contributed by atoms with van der Waals surface area (Å²) in [4.78, 5) is 14.3. The van der Waals surface area contributed by atoms with Crippen LogP contribution < -0.4 is 5.73 Å². The van der Waals surface area contributed by atoms with Crippen molar-refractivity contribution in [1.29, 1.82) is 0 Å². The lowest BCUT2D eigenvalue weighted by molar-refractivity contribution is 0.0599. The molecule has 14 heavy (non-hydrogen) atoms. The Morgan fingerprint density at radius 3 is 2.71 bits per heavy atom. The summed E-state index contributed by atoms with van der Waals surface area (Å²) in [5.41, 5.74) is 4.57. The first-order valence-corrected chi connectivity index (χ1v) is 3.68. The number of halogens is 2. The molecule has 0 atom stereocenters. The van der Waals surface area contributed by atoms with E-state index in [1.807, 2.05) is 0 Å². The smallest absolute Gasteiger partial charge is 0.339 e. The van der Waals surface area contributed by atoms with Crippen molar-refractivity contribution in [3.05, 3.63) is 23.5 Å². The van der Waals surface area contributed by atoms with Crippen LogP contribution in [0, 0.1) is 0 Å². The Hall–Kier alpha value is -1.72. The van der Waals surface area contributed by atoms with Gasteiger partial charge in [0.05, 0.1) is 18.4 Å². The SMILES string of the molecule is COC(=O)c1cnc(C(F)F)c(N)c1. The average Bonchev–Trinajstić information content (AvgIpc) is 2.15. The minimum absolute atomic E-state index is 0.0504. The number of methoxy groups -OCH3 is 1. The molecule has 0 saturated heterocycles. The Kier molecular flexibility index (Phi) is 2.95. The van der Waals surface area contributed by atoms with Gasteiger partial charge < -0.3 is 10.5 Å². The Balaban J connectivity index is 3.06. The van der Waals surface area contributed by atoms with Gasteiger partial charge in [0.1, 0.15) is 5.69 Å². The summed E-state index contributed by atoms with van der Waals surface area (Å²) in [6.07, 6.45) is -1.74. The monoisotopic (exact) mass is 202 g/mol. The van der Waals surface area contributed by atoms with Gasteiger partial charge in [0.25, 0.3) is 6.43 Å². The van der Waals surface area contributed by atoms with Crippen LogP contribution in [0.1, 0.15) is 22.5 Å². The van der Waals surface area contributed by atoms with Crippen LogP contribution >= 0.6 is 0 Å². The van der Waals surface area contributed by atoms with Gasteiger partial charge in [0.15, 0.2) is 0 Å². The van der Waals surface area contributed by atoms with Crippen LogP contribution in [-0.2, 0) is 4.74 Å². The van der Waals surface area contributed by atoms with E-state index in [0.29, 0.717) is 0 Å². The summed E-state index contributed by atoms with van der Waals surface area (Å²) in [5.74, 6) is -0.662. The number of aromatic nitrogens is 1. The maximum atomic E-state index is 12.2. The van der Waals surface area contributed by atoms with Gasteiger partial charge >= 0.3 is 5.97 Å². The van der Waals surface area contributed by atoms with Gasteiger partial charge in [-0.1, -0.05) is 0 Å². The molecular weight excluding hydrogens is 194 g/mol. The highest BCUT2D eigenvalue weighted by atomic mass is 19.3. The number of anilines is 1. The number of alkyl halides is 2. The van der Waals surface area contributed by atoms with Gasteiger partial charge in [0, 0.05) is 6.20 Å². The molecule has 0 unspecified atom stereocenters. The van der Waals surface area contributed by atoms with Crippen molar-refractivity contribution in [2.75, 3.05) is 12.8 Å². The molecule has 0 fully saturated rings. The standard InChI is InChI=1S/C8H8F2N2O2/c1-14-8(13)4-2-5(11)6(7(9)10)12-3-4/h2-3,7H,11H2,1H3. The molecule has 1 rings (SSSR count). The molecule has 4 nitrogen and oxygen atoms in total. The summed E-state index contributed by atoms with van der Waals surface area (Å²) < 4.78 is 28.7. The van der Waals surface area contributed by atoms with Crippen molar-refractivity contribution in [3.8, 4) is 0 Å². The number of ether oxygens (including phenoxy) is 1. The van der Waals surface area contributed by atoms with Gasteiger partial charge in [-0.25, -0.2) is 13.6 Å². The second-order valence-electron chi connectivity index (χ2n) is 2.49. The molecule has 0 aliphatic heterocycles. The molecule has 76 valence electrons. The van der Waals surface area contributed by atoms with E-state index in [4.69, 9.17) is 5.73 Å². The highest BCUT2D eigenvalue weighted by molar-refractivity contribution is 5.90. The molecule has 0 aromatic carbocycles. The molecule has 0 radical (unpaired) electrons. The highest BCUT2D eigenvalue weighted by Crippen LogP contribution is 2.23. The number of carbonyl (C=O) groups excluding carboxylic acids is 1. The molecule has 0 amide bonds. The molecule has 0 aliphatic rings. The van der Waals surface area contributed by atoms with Crippen molar-refractivity contribution in [3.63, 3.8) is 0 Å². The minimum Gasteiger partial charge on any atom is -0.465 e. The molecule has 1 aromatic heterocycles. The maximum Gasteiger partial charge on any atom is 0.339 e. The molecule has 0 saturated carbocycles. The van der Waals surface area contributed by atoms with Crippen molar-refractivity contribution in [1.82, 2.24) is 4.98 Å². The first kappa shape index (κ1) is 10.4. The quantitative estimate of drug-likeness (QED) is 0.736. The minimum atomic E-state index is -2.75. The predicted molar refractivity (Wildman–Crippen MR) is 44.9 cm³/mol. The summed E-state index contributed by atoms with van der Waals surface area (Å²) in [7, 11) is 1.18. The highest BCUT2D eigenvalue weighted by Gasteiger charge is 2.15. The van der Waals surface area contributed by atoms with Crippen LogP contribution in [0.4, 0.5) is 14.5 Å². The lowest BCUT2D eigenvalue weighted by Crippen LogP contribution is -2.06. The number of hydrogen-bond acceptors (Lipinski definition) is 4. The van der Waals surface area contributed by atoms with Crippen LogP contribution in [0.3, 0.4) is 0 Å². The number of nitrogen functional groups attached to an aromatic ring is 1. The number of hydrogen-bond donors (Lipinski definition) is 1. The Morgan fingerprint density at radius 1 is 1.64 bits per heavy atom. The Bertz CT molecular complexity index is 355. The van der Waals surface area contributed by atoms with E-state index < -0.39 is 18.1 Å². The van der Waals surface area contributed by atoms with E-state index in [0.717, 1.165) is 12.3 Å². The lowest BCUT2D eigenvalue weighted by Gasteiger charge is -2.04. The van der Waals surface area contributed by atoms with Gasteiger partial charge in [0.2, 0.25) is 0 Å². The van der Waals surface area contributed by atoms with Crippen LogP contribution in [-0.4, -0.2) is 18.1 Å². The molecule has 6 heteroatoms. The van der Waals surface area contributed by atoms with Gasteiger partial charge in [-0.3, -0.25) is 4.98 Å². The first-order valence-electron chi connectivity index (χ1n) is 3.68. The first-order chi connectivity index (χ1) is 6.56. The largest absolute Gasteiger partial charge is 0.465 e. The van der Waals surface area contributed by atoms with Crippen molar-refractivity contribution in [2.45, 2.75) is 6.43 Å². The zero-order valence-electron chi connectivity index (χ0n) is 7.33. The van der Waals surface area contributed by atoms with Crippen LogP contribution in [0.5, 0.6) is 0 Å². The third-order valence-electron chi connectivity index (χ3n) is 1.58. The van der Waals surface area contributed by atoms with E-state index in [2.05, 4.69) is 9.72 Å². The van der Waals surface area contributed by atoms with E-state index in [-0.39, 0.29) is 11.3 Å². The summed E-state index contributed by atoms with van der Waals surface area (Å²) in [5, 5.41) is 0. The Morgan fingerprint density at radius 2 is 2.29 bits per heavy atom. The molecule has 0 aliphatic carbocycles.